The number of hydrogen-bond donors (Lipinski definition) is 1. The monoisotopic (exact) mass is 539 g/mol. The van der Waals surface area contributed by atoms with E-state index in [1.165, 1.54) is 5.57 Å². The van der Waals surface area contributed by atoms with Crippen LogP contribution < -0.4 is 0 Å². The first-order valence-corrected chi connectivity index (χ1v) is 15.0. The van der Waals surface area contributed by atoms with Crippen LogP contribution >= 0.6 is 0 Å². The summed E-state index contributed by atoms with van der Waals surface area (Å²) in [7, 11) is 0. The van der Waals surface area contributed by atoms with Gasteiger partial charge in [0.15, 0.2) is 5.78 Å². The molecule has 0 saturated heterocycles. The van der Waals surface area contributed by atoms with Crippen molar-refractivity contribution >= 4 is 17.7 Å². The Kier molecular flexibility index (Phi) is 6.75. The first-order valence-electron chi connectivity index (χ1n) is 15.0. The molecular weight excluding hydrogens is 498 g/mol. The smallest absolute Gasteiger partial charge is 0.408 e. The number of nitrogens with zero attached hydrogens (tertiary/aromatic N) is 1. The molecule has 5 nitrogen and oxygen atoms in total. The molecule has 2 aromatic rings. The van der Waals surface area contributed by atoms with Crippen LogP contribution in [0, 0.1) is 34.5 Å². The van der Waals surface area contributed by atoms with Gasteiger partial charge in [-0.1, -0.05) is 80.1 Å². The fourth-order valence-electron chi connectivity index (χ4n) is 9.85. The molecule has 2 aromatic carbocycles. The molecule has 0 aliphatic heterocycles. The highest BCUT2D eigenvalue weighted by Crippen LogP contribution is 2.68. The van der Waals surface area contributed by atoms with Gasteiger partial charge in [-0.25, -0.2) is 4.79 Å². The highest BCUT2D eigenvalue weighted by atomic mass is 16.4. The second-order valence-electron chi connectivity index (χ2n) is 13.3. The summed E-state index contributed by atoms with van der Waals surface area (Å²) in [4.78, 5) is 40.9. The second-order valence-corrected chi connectivity index (χ2v) is 13.3. The van der Waals surface area contributed by atoms with Crippen LogP contribution in [0.5, 0.6) is 0 Å². The van der Waals surface area contributed by atoms with E-state index >= 15 is 0 Å². The van der Waals surface area contributed by atoms with Crippen LogP contribution in [0.15, 0.2) is 72.3 Å². The van der Waals surface area contributed by atoms with Gasteiger partial charge >= 0.3 is 6.09 Å². The minimum absolute atomic E-state index is 0.0406. The predicted molar refractivity (Wildman–Crippen MR) is 155 cm³/mol. The third-order valence-corrected chi connectivity index (χ3v) is 11.5. The number of carbonyl (C=O) groups excluding carboxylic acids is 2. The van der Waals surface area contributed by atoms with Gasteiger partial charge in [0.2, 0.25) is 0 Å². The lowest BCUT2D eigenvalue weighted by Gasteiger charge is -2.62. The van der Waals surface area contributed by atoms with Crippen molar-refractivity contribution in [1.29, 1.82) is 0 Å². The van der Waals surface area contributed by atoms with Crippen molar-refractivity contribution in [2.24, 2.45) is 34.5 Å². The molecule has 7 atom stereocenters. The molecule has 0 bridgehead atoms. The largest absolute Gasteiger partial charge is 0.465 e. The Morgan fingerprint density at radius 1 is 0.925 bits per heavy atom. The maximum absolute atomic E-state index is 13.6. The SMILES string of the molecule is CC(=O)[C@H]1CC[C@H]2[C@@H]3CCC4=CC(=O)CC[C@]4(C)[C@H]3C(N(C(=O)O)C(c3ccccc3)c3ccccc3)C[C@]12C. The first kappa shape index (κ1) is 27.0. The Bertz CT molecular complexity index is 1300. The molecule has 0 spiro atoms. The molecule has 1 amide bonds. The zero-order valence-corrected chi connectivity index (χ0v) is 23.9. The van der Waals surface area contributed by atoms with E-state index in [1.54, 1.807) is 11.8 Å². The van der Waals surface area contributed by atoms with E-state index in [4.69, 9.17) is 0 Å². The third-order valence-electron chi connectivity index (χ3n) is 11.5. The zero-order chi connectivity index (χ0) is 28.2. The number of rotatable bonds is 5. The summed E-state index contributed by atoms with van der Waals surface area (Å²) in [6.45, 7) is 6.30. The second kappa shape index (κ2) is 10.0. The van der Waals surface area contributed by atoms with E-state index in [0.717, 1.165) is 43.2 Å². The Morgan fingerprint density at radius 3 is 2.12 bits per heavy atom. The summed E-state index contributed by atoms with van der Waals surface area (Å²) in [5.41, 5.74) is 2.63. The van der Waals surface area contributed by atoms with Crippen molar-refractivity contribution in [2.45, 2.75) is 77.8 Å². The molecule has 4 aliphatic carbocycles. The number of Topliss-reactive ketones (excluding diaryl/α,β-unsaturated/α-hetero) is 1. The fourth-order valence-corrected chi connectivity index (χ4v) is 9.85. The van der Waals surface area contributed by atoms with Gasteiger partial charge < -0.3 is 5.11 Å². The molecule has 1 unspecified atom stereocenters. The Balaban J connectivity index is 1.55. The molecule has 40 heavy (non-hydrogen) atoms. The number of fused-ring (bicyclic) bond motifs is 5. The molecular formula is C35H41NO4. The summed E-state index contributed by atoms with van der Waals surface area (Å²) in [5.74, 6) is 1.19. The molecule has 3 fully saturated rings. The Labute approximate surface area is 237 Å². The van der Waals surface area contributed by atoms with Crippen molar-refractivity contribution in [1.82, 2.24) is 4.90 Å². The van der Waals surface area contributed by atoms with E-state index in [2.05, 4.69) is 13.8 Å². The van der Waals surface area contributed by atoms with Crippen LogP contribution in [0.4, 0.5) is 4.79 Å². The topological polar surface area (TPSA) is 74.7 Å². The molecule has 4 aliphatic rings. The lowest BCUT2D eigenvalue weighted by molar-refractivity contribution is -0.135. The van der Waals surface area contributed by atoms with E-state index in [1.807, 2.05) is 66.7 Å². The lowest BCUT2D eigenvalue weighted by Crippen LogP contribution is -2.62. The van der Waals surface area contributed by atoms with E-state index in [0.29, 0.717) is 24.7 Å². The Hall–Kier alpha value is -3.21. The van der Waals surface area contributed by atoms with Crippen LogP contribution in [-0.2, 0) is 9.59 Å². The summed E-state index contributed by atoms with van der Waals surface area (Å²) >= 11 is 0. The van der Waals surface area contributed by atoms with E-state index in [9.17, 15) is 19.5 Å². The number of hydrogen-bond acceptors (Lipinski definition) is 3. The number of carboxylic acid groups (broad SMARTS) is 1. The van der Waals surface area contributed by atoms with E-state index in [-0.39, 0.29) is 40.3 Å². The van der Waals surface area contributed by atoms with Crippen LogP contribution in [0.1, 0.15) is 82.9 Å². The summed E-state index contributed by atoms with van der Waals surface area (Å²) in [6, 6.07) is 19.2. The van der Waals surface area contributed by atoms with Crippen molar-refractivity contribution in [3.63, 3.8) is 0 Å². The average Bonchev–Trinajstić information content (AvgIpc) is 3.29. The number of allylic oxidation sites excluding steroid dienone is 1. The van der Waals surface area contributed by atoms with Gasteiger partial charge in [0.1, 0.15) is 5.78 Å². The van der Waals surface area contributed by atoms with Gasteiger partial charge in [-0.05, 0) is 91.2 Å². The molecule has 0 heterocycles. The molecule has 3 saturated carbocycles. The zero-order valence-electron chi connectivity index (χ0n) is 23.9. The molecule has 210 valence electrons. The van der Waals surface area contributed by atoms with Gasteiger partial charge in [0.25, 0.3) is 0 Å². The van der Waals surface area contributed by atoms with E-state index < -0.39 is 12.1 Å². The highest BCUT2D eigenvalue weighted by molar-refractivity contribution is 5.91. The number of carbonyl (C=O) groups is 3. The van der Waals surface area contributed by atoms with Gasteiger partial charge in [0.05, 0.1) is 6.04 Å². The maximum atomic E-state index is 13.6. The summed E-state index contributed by atoms with van der Waals surface area (Å²) in [5, 5.41) is 11.1. The van der Waals surface area contributed by atoms with Crippen LogP contribution in [0.2, 0.25) is 0 Å². The maximum Gasteiger partial charge on any atom is 0.408 e. The molecule has 0 radical (unpaired) electrons. The third kappa shape index (κ3) is 4.15. The number of ketones is 2. The van der Waals surface area contributed by atoms with Crippen molar-refractivity contribution < 1.29 is 19.5 Å². The molecule has 6 rings (SSSR count). The quantitative estimate of drug-likeness (QED) is 0.428. The lowest BCUT2D eigenvalue weighted by atomic mass is 9.45. The molecule has 1 N–H and O–H groups in total. The summed E-state index contributed by atoms with van der Waals surface area (Å²) < 4.78 is 0. The average molecular weight is 540 g/mol. The van der Waals surface area contributed by atoms with Crippen LogP contribution in [0.25, 0.3) is 0 Å². The van der Waals surface area contributed by atoms with Crippen LogP contribution in [-0.4, -0.2) is 33.7 Å². The predicted octanol–water partition coefficient (Wildman–Crippen LogP) is 7.47. The van der Waals surface area contributed by atoms with Crippen molar-refractivity contribution in [3.05, 3.63) is 83.4 Å². The summed E-state index contributed by atoms with van der Waals surface area (Å²) in [6.07, 6.45) is 6.67. The minimum atomic E-state index is -0.924. The number of amides is 1. The van der Waals surface area contributed by atoms with Gasteiger partial charge in [0, 0.05) is 18.4 Å². The van der Waals surface area contributed by atoms with Gasteiger partial charge in [-0.2, -0.15) is 0 Å². The van der Waals surface area contributed by atoms with Crippen LogP contribution in [0.3, 0.4) is 0 Å². The molecule has 0 aromatic heterocycles. The standard InChI is InChI=1S/C35H41NO4/c1-22(37)28-16-17-29-27-15-14-25-20-26(38)18-19-34(25,2)31(27)30(21-35(28,29)3)36(33(39)40)32(23-10-6-4-7-11-23)24-12-8-5-9-13-24/h4-13,20,27-32H,14-19,21H2,1-3H3,(H,39,40)/t27-,28+,29-,30?,31+,34-,35+/m0/s1. The minimum Gasteiger partial charge on any atom is -0.465 e. The number of benzene rings is 2. The fraction of sp³-hybridized carbons (Fsp3) is 0.514. The van der Waals surface area contributed by atoms with Crippen molar-refractivity contribution in [3.8, 4) is 0 Å². The highest BCUT2D eigenvalue weighted by Gasteiger charge is 2.64. The van der Waals surface area contributed by atoms with Gasteiger partial charge in [-0.3, -0.25) is 14.5 Å². The molecule has 5 heteroatoms. The Morgan fingerprint density at radius 2 is 1.55 bits per heavy atom. The normalized spacial score (nSPS) is 34.9. The van der Waals surface area contributed by atoms with Gasteiger partial charge in [-0.15, -0.1) is 0 Å². The van der Waals surface area contributed by atoms with Crippen molar-refractivity contribution in [2.75, 3.05) is 0 Å². The first-order chi connectivity index (χ1) is 19.1.